The van der Waals surface area contributed by atoms with Gasteiger partial charge >= 0.3 is 0 Å². The summed E-state index contributed by atoms with van der Waals surface area (Å²) >= 11 is 6.08. The third-order valence-electron chi connectivity index (χ3n) is 4.42. The van der Waals surface area contributed by atoms with Crippen molar-refractivity contribution in [1.82, 2.24) is 20.2 Å². The zero-order valence-corrected chi connectivity index (χ0v) is 15.4. The molecule has 25 heavy (non-hydrogen) atoms. The first-order chi connectivity index (χ1) is 12.0. The molecule has 0 saturated heterocycles. The van der Waals surface area contributed by atoms with Crippen molar-refractivity contribution >= 4 is 17.5 Å². The maximum Gasteiger partial charge on any atom is 0.271 e. The summed E-state index contributed by atoms with van der Waals surface area (Å²) in [5, 5.41) is 3.21. The fourth-order valence-electron chi connectivity index (χ4n) is 2.97. The van der Waals surface area contributed by atoms with Crippen LogP contribution in [0.5, 0.6) is 0 Å². The Bertz CT molecular complexity index is 763. The molecule has 0 spiro atoms. The van der Waals surface area contributed by atoms with Crippen LogP contribution in [0.4, 0.5) is 0 Å². The number of nitrogens with zero attached hydrogens (tertiary/aromatic N) is 3. The molecule has 1 aliphatic heterocycles. The molecule has 0 radical (unpaired) electrons. The van der Waals surface area contributed by atoms with E-state index in [2.05, 4.69) is 44.5 Å². The molecule has 1 N–H and O–H groups in total. The lowest BCUT2D eigenvalue weighted by atomic mass is 10.00. The van der Waals surface area contributed by atoms with Crippen LogP contribution >= 0.6 is 11.6 Å². The lowest BCUT2D eigenvalue weighted by Gasteiger charge is -2.28. The normalized spacial score (nSPS) is 14.4. The summed E-state index contributed by atoms with van der Waals surface area (Å²) in [6.07, 6.45) is 2.56. The quantitative estimate of drug-likeness (QED) is 0.892. The average Bonchev–Trinajstić information content (AvgIpc) is 2.61. The summed E-state index contributed by atoms with van der Waals surface area (Å²) in [5.41, 5.74) is 3.06. The van der Waals surface area contributed by atoms with E-state index in [9.17, 15) is 4.79 Å². The molecule has 3 rings (SSSR count). The lowest BCUT2D eigenvalue weighted by Crippen LogP contribution is -2.38. The highest BCUT2D eigenvalue weighted by molar-refractivity contribution is 6.33. The zero-order chi connectivity index (χ0) is 17.8. The third kappa shape index (κ3) is 4.35. The summed E-state index contributed by atoms with van der Waals surface area (Å²) in [4.78, 5) is 23.2. The maximum atomic E-state index is 12.4. The molecule has 132 valence electrons. The average molecular weight is 359 g/mol. The molecule has 1 aliphatic rings. The highest BCUT2D eigenvalue weighted by Gasteiger charge is 2.17. The van der Waals surface area contributed by atoms with Crippen molar-refractivity contribution in [3.63, 3.8) is 0 Å². The molecule has 5 nitrogen and oxygen atoms in total. The Labute approximate surface area is 153 Å². The van der Waals surface area contributed by atoms with Gasteiger partial charge in [0, 0.05) is 32.1 Å². The smallest absolute Gasteiger partial charge is 0.271 e. The van der Waals surface area contributed by atoms with Crippen LogP contribution in [0.25, 0.3) is 0 Å². The van der Waals surface area contributed by atoms with Crippen LogP contribution in [0.3, 0.4) is 0 Å². The number of aromatic nitrogens is 2. The number of carbonyl (C=O) groups excluding carboxylic acids is 1. The van der Waals surface area contributed by atoms with Gasteiger partial charge in [-0.25, -0.2) is 9.97 Å². The topological polar surface area (TPSA) is 58.1 Å². The summed E-state index contributed by atoms with van der Waals surface area (Å²) in [6.45, 7) is 7.28. The van der Waals surface area contributed by atoms with Gasteiger partial charge in [-0.2, -0.15) is 0 Å². The number of benzene rings is 1. The van der Waals surface area contributed by atoms with Gasteiger partial charge < -0.3 is 5.32 Å². The summed E-state index contributed by atoms with van der Waals surface area (Å²) in [7, 11) is 0. The van der Waals surface area contributed by atoms with E-state index in [1.807, 2.05) is 13.8 Å². The second-order valence-corrected chi connectivity index (χ2v) is 7.04. The number of hydrogen-bond donors (Lipinski definition) is 1. The second-order valence-electron chi connectivity index (χ2n) is 6.63. The molecule has 0 aliphatic carbocycles. The molecule has 1 amide bonds. The van der Waals surface area contributed by atoms with Crippen molar-refractivity contribution in [2.24, 2.45) is 0 Å². The van der Waals surface area contributed by atoms with Crippen LogP contribution in [-0.4, -0.2) is 40.4 Å². The number of halogens is 1. The SMILES string of the molecule is CC(C)c1ncc(Cl)c(C(=O)NCCN2CCc3ccccc3C2)n1. The Kier molecular flexibility index (Phi) is 5.66. The largest absolute Gasteiger partial charge is 0.349 e. The molecule has 0 fully saturated rings. The van der Waals surface area contributed by atoms with E-state index in [0.717, 1.165) is 26.1 Å². The lowest BCUT2D eigenvalue weighted by molar-refractivity contribution is 0.0942. The number of rotatable bonds is 5. The molecule has 0 saturated carbocycles. The highest BCUT2D eigenvalue weighted by Crippen LogP contribution is 2.18. The van der Waals surface area contributed by atoms with Gasteiger partial charge in [0.25, 0.3) is 5.91 Å². The molecule has 1 aromatic heterocycles. The van der Waals surface area contributed by atoms with E-state index < -0.39 is 0 Å². The molecule has 0 atom stereocenters. The van der Waals surface area contributed by atoms with Crippen molar-refractivity contribution in [3.8, 4) is 0 Å². The molecular formula is C19H23ClN4O. The second kappa shape index (κ2) is 7.93. The van der Waals surface area contributed by atoms with Crippen LogP contribution in [-0.2, 0) is 13.0 Å². The number of hydrogen-bond acceptors (Lipinski definition) is 4. The predicted octanol–water partition coefficient (Wildman–Crippen LogP) is 3.04. The van der Waals surface area contributed by atoms with Crippen LogP contribution in [0.15, 0.2) is 30.5 Å². The molecule has 0 unspecified atom stereocenters. The first-order valence-corrected chi connectivity index (χ1v) is 9.02. The van der Waals surface area contributed by atoms with Crippen molar-refractivity contribution in [2.45, 2.75) is 32.7 Å². The van der Waals surface area contributed by atoms with E-state index in [1.54, 1.807) is 0 Å². The van der Waals surface area contributed by atoms with Gasteiger partial charge in [-0.05, 0) is 17.5 Å². The van der Waals surface area contributed by atoms with Crippen LogP contribution in [0.1, 0.15) is 47.2 Å². The van der Waals surface area contributed by atoms with E-state index in [-0.39, 0.29) is 22.5 Å². The van der Waals surface area contributed by atoms with E-state index in [0.29, 0.717) is 12.4 Å². The van der Waals surface area contributed by atoms with E-state index in [1.165, 1.54) is 17.3 Å². The molecule has 2 heterocycles. The standard InChI is InChI=1S/C19H23ClN4O/c1-13(2)18-22-11-16(20)17(23-18)19(25)21-8-10-24-9-7-14-5-3-4-6-15(14)12-24/h3-6,11,13H,7-10,12H2,1-2H3,(H,21,25). The summed E-state index contributed by atoms with van der Waals surface area (Å²) in [5.74, 6) is 0.533. The Morgan fingerprint density at radius 1 is 1.32 bits per heavy atom. The van der Waals surface area contributed by atoms with Crippen LogP contribution < -0.4 is 5.32 Å². The first kappa shape index (κ1) is 17.8. The summed E-state index contributed by atoms with van der Waals surface area (Å²) < 4.78 is 0. The highest BCUT2D eigenvalue weighted by atomic mass is 35.5. The van der Waals surface area contributed by atoms with Gasteiger partial charge in [-0.1, -0.05) is 49.7 Å². The molecule has 6 heteroatoms. The van der Waals surface area contributed by atoms with E-state index in [4.69, 9.17) is 11.6 Å². The predicted molar refractivity (Wildman–Crippen MR) is 98.9 cm³/mol. The number of fused-ring (bicyclic) bond motifs is 1. The molecule has 2 aromatic rings. The Morgan fingerprint density at radius 3 is 2.84 bits per heavy atom. The van der Waals surface area contributed by atoms with Crippen molar-refractivity contribution in [2.75, 3.05) is 19.6 Å². The minimum Gasteiger partial charge on any atom is -0.349 e. The monoisotopic (exact) mass is 358 g/mol. The number of amides is 1. The minimum atomic E-state index is -0.244. The minimum absolute atomic E-state index is 0.150. The van der Waals surface area contributed by atoms with Gasteiger partial charge in [0.15, 0.2) is 0 Å². The van der Waals surface area contributed by atoms with Crippen LogP contribution in [0.2, 0.25) is 5.02 Å². The van der Waals surface area contributed by atoms with Gasteiger partial charge in [0.2, 0.25) is 0 Å². The summed E-state index contributed by atoms with van der Waals surface area (Å²) in [6, 6.07) is 8.53. The van der Waals surface area contributed by atoms with Gasteiger partial charge in [0.1, 0.15) is 11.5 Å². The molecular weight excluding hydrogens is 336 g/mol. The number of nitrogens with one attached hydrogen (secondary N) is 1. The zero-order valence-electron chi connectivity index (χ0n) is 14.6. The third-order valence-corrected chi connectivity index (χ3v) is 4.69. The Morgan fingerprint density at radius 2 is 2.08 bits per heavy atom. The van der Waals surface area contributed by atoms with Crippen LogP contribution in [0, 0.1) is 0 Å². The fourth-order valence-corrected chi connectivity index (χ4v) is 3.15. The Hall–Kier alpha value is -1.98. The fraction of sp³-hybridized carbons (Fsp3) is 0.421. The van der Waals surface area contributed by atoms with Crippen molar-refractivity contribution in [3.05, 3.63) is 58.1 Å². The van der Waals surface area contributed by atoms with Gasteiger partial charge in [0.05, 0.1) is 11.2 Å². The number of carbonyl (C=O) groups is 1. The van der Waals surface area contributed by atoms with E-state index >= 15 is 0 Å². The Balaban J connectivity index is 1.54. The first-order valence-electron chi connectivity index (χ1n) is 8.64. The molecule has 1 aromatic carbocycles. The molecule has 0 bridgehead atoms. The van der Waals surface area contributed by atoms with Gasteiger partial charge in [-0.15, -0.1) is 0 Å². The van der Waals surface area contributed by atoms with Crippen molar-refractivity contribution in [1.29, 1.82) is 0 Å². The maximum absolute atomic E-state index is 12.4. The van der Waals surface area contributed by atoms with Crippen molar-refractivity contribution < 1.29 is 4.79 Å². The van der Waals surface area contributed by atoms with Gasteiger partial charge in [-0.3, -0.25) is 9.69 Å².